The summed E-state index contributed by atoms with van der Waals surface area (Å²) in [5.41, 5.74) is 1.70. The molecule has 0 saturated carbocycles. The average molecular weight is 326 g/mol. The Bertz CT molecular complexity index is 724. The molecule has 3 rings (SSSR count). The number of benzene rings is 1. The van der Waals surface area contributed by atoms with E-state index < -0.39 is 24.7 Å². The summed E-state index contributed by atoms with van der Waals surface area (Å²) in [5, 5.41) is 4.02. The van der Waals surface area contributed by atoms with E-state index in [1.165, 1.54) is 0 Å². The van der Waals surface area contributed by atoms with Gasteiger partial charge in [0.25, 0.3) is 0 Å². The highest BCUT2D eigenvalue weighted by molar-refractivity contribution is 5.84. The molecule has 0 radical (unpaired) electrons. The molecule has 1 aromatic carbocycles. The summed E-state index contributed by atoms with van der Waals surface area (Å²) in [6.07, 6.45) is -3.98. The number of furan rings is 1. The number of carbonyl (C=O) groups is 1. The third-order valence-corrected chi connectivity index (χ3v) is 4.09. The Hall–Kier alpha value is -2.02. The van der Waals surface area contributed by atoms with Gasteiger partial charge in [0, 0.05) is 24.0 Å². The second kappa shape index (κ2) is 5.88. The van der Waals surface area contributed by atoms with E-state index in [2.05, 4.69) is 5.32 Å². The van der Waals surface area contributed by atoms with Crippen LogP contribution in [0.5, 0.6) is 0 Å². The number of hydrogen-bond donors (Lipinski definition) is 1. The van der Waals surface area contributed by atoms with Crippen LogP contribution in [0.25, 0.3) is 11.0 Å². The fourth-order valence-corrected chi connectivity index (χ4v) is 2.97. The summed E-state index contributed by atoms with van der Waals surface area (Å²) in [5.74, 6) is 0.254. The number of halogens is 3. The highest BCUT2D eigenvalue weighted by atomic mass is 19.4. The number of likely N-dealkylation sites (tertiary alicyclic amines) is 1. The van der Waals surface area contributed by atoms with Gasteiger partial charge in [-0.05, 0) is 19.4 Å². The molecular weight excluding hydrogens is 309 g/mol. The molecule has 1 amide bonds. The number of fused-ring (bicyclic) bond motifs is 1. The Morgan fingerprint density at radius 3 is 2.83 bits per heavy atom. The van der Waals surface area contributed by atoms with Crippen molar-refractivity contribution in [1.29, 1.82) is 0 Å². The molecular formula is C16H17F3N2O2. The number of nitrogens with one attached hydrogen (secondary N) is 1. The summed E-state index contributed by atoms with van der Waals surface area (Å²) < 4.78 is 42.9. The molecule has 0 spiro atoms. The molecule has 1 aliphatic heterocycles. The van der Waals surface area contributed by atoms with Crippen LogP contribution < -0.4 is 5.32 Å². The number of rotatable bonds is 4. The van der Waals surface area contributed by atoms with Crippen LogP contribution in [0, 0.1) is 6.92 Å². The monoisotopic (exact) mass is 326 g/mol. The maximum absolute atomic E-state index is 12.4. The molecule has 1 fully saturated rings. The topological polar surface area (TPSA) is 45.5 Å². The standard InChI is InChI=1S/C16H17F3N2O2/c1-10-12(11-4-2-3-5-14(11)23-10)8-20-13-6-7-21(15(13)22)9-16(17,18)19/h2-5,13,20H,6-9H2,1H3/t13-/m1/s1. The van der Waals surface area contributed by atoms with Crippen LogP contribution in [-0.4, -0.2) is 36.1 Å². The zero-order valence-corrected chi connectivity index (χ0v) is 12.6. The zero-order valence-electron chi connectivity index (χ0n) is 12.6. The van der Waals surface area contributed by atoms with Crippen LogP contribution in [-0.2, 0) is 11.3 Å². The molecule has 1 aromatic heterocycles. The van der Waals surface area contributed by atoms with E-state index in [1.807, 2.05) is 31.2 Å². The third-order valence-electron chi connectivity index (χ3n) is 4.09. The lowest BCUT2D eigenvalue weighted by molar-refractivity contribution is -0.158. The lowest BCUT2D eigenvalue weighted by Gasteiger charge is -2.18. The fraction of sp³-hybridized carbons (Fsp3) is 0.438. The van der Waals surface area contributed by atoms with Gasteiger partial charge in [0.2, 0.25) is 5.91 Å². The van der Waals surface area contributed by atoms with E-state index in [1.54, 1.807) is 0 Å². The second-order valence-electron chi connectivity index (χ2n) is 5.73. The SMILES string of the molecule is Cc1oc2ccccc2c1CN[C@@H]1CCN(CC(F)(F)F)C1=O. The smallest absolute Gasteiger partial charge is 0.406 e. The molecule has 0 bridgehead atoms. The average Bonchev–Trinajstić information content (AvgIpc) is 2.96. The van der Waals surface area contributed by atoms with Crippen LogP contribution in [0.2, 0.25) is 0 Å². The number of para-hydroxylation sites is 1. The summed E-state index contributed by atoms with van der Waals surface area (Å²) in [4.78, 5) is 12.9. The Morgan fingerprint density at radius 2 is 2.09 bits per heavy atom. The Kier molecular flexibility index (Phi) is 4.06. The van der Waals surface area contributed by atoms with Crippen LogP contribution in [0.4, 0.5) is 13.2 Å². The molecule has 1 saturated heterocycles. The van der Waals surface area contributed by atoms with Crippen molar-refractivity contribution in [2.24, 2.45) is 0 Å². The molecule has 124 valence electrons. The highest BCUT2D eigenvalue weighted by Gasteiger charge is 2.39. The lowest BCUT2D eigenvalue weighted by atomic mass is 10.1. The summed E-state index contributed by atoms with van der Waals surface area (Å²) in [7, 11) is 0. The van der Waals surface area contributed by atoms with Crippen molar-refractivity contribution in [3.8, 4) is 0 Å². The fourth-order valence-electron chi connectivity index (χ4n) is 2.97. The van der Waals surface area contributed by atoms with E-state index in [0.717, 1.165) is 27.2 Å². The Morgan fingerprint density at radius 1 is 1.35 bits per heavy atom. The first-order valence-electron chi connectivity index (χ1n) is 7.41. The van der Waals surface area contributed by atoms with Crippen LogP contribution in [0.3, 0.4) is 0 Å². The van der Waals surface area contributed by atoms with Crippen LogP contribution >= 0.6 is 0 Å². The third kappa shape index (κ3) is 3.34. The number of aryl methyl sites for hydroxylation is 1. The van der Waals surface area contributed by atoms with Crippen LogP contribution in [0.15, 0.2) is 28.7 Å². The highest BCUT2D eigenvalue weighted by Crippen LogP contribution is 2.26. The van der Waals surface area contributed by atoms with Gasteiger partial charge in [-0.3, -0.25) is 4.79 Å². The van der Waals surface area contributed by atoms with Crippen molar-refractivity contribution < 1.29 is 22.4 Å². The largest absolute Gasteiger partial charge is 0.461 e. The first kappa shape index (κ1) is 15.9. The van der Waals surface area contributed by atoms with Crippen molar-refractivity contribution in [1.82, 2.24) is 10.2 Å². The normalized spacial score (nSPS) is 19.0. The molecule has 23 heavy (non-hydrogen) atoms. The molecule has 4 nitrogen and oxygen atoms in total. The molecule has 1 aliphatic rings. The number of carbonyl (C=O) groups excluding carboxylic acids is 1. The first-order valence-corrected chi connectivity index (χ1v) is 7.41. The van der Waals surface area contributed by atoms with Gasteiger partial charge >= 0.3 is 6.18 Å². The maximum Gasteiger partial charge on any atom is 0.406 e. The van der Waals surface area contributed by atoms with Gasteiger partial charge in [-0.1, -0.05) is 18.2 Å². The summed E-state index contributed by atoms with van der Waals surface area (Å²) in [6, 6.07) is 6.97. The van der Waals surface area contributed by atoms with Gasteiger partial charge in [0.1, 0.15) is 17.9 Å². The summed E-state index contributed by atoms with van der Waals surface area (Å²) >= 11 is 0. The zero-order chi connectivity index (χ0) is 16.6. The minimum Gasteiger partial charge on any atom is -0.461 e. The quantitative estimate of drug-likeness (QED) is 0.939. The van der Waals surface area contributed by atoms with E-state index in [-0.39, 0.29) is 6.54 Å². The van der Waals surface area contributed by atoms with Gasteiger partial charge in [0.15, 0.2) is 0 Å². The Balaban J connectivity index is 1.67. The van der Waals surface area contributed by atoms with Crippen LogP contribution in [0.1, 0.15) is 17.7 Å². The van der Waals surface area contributed by atoms with Crippen molar-refractivity contribution >= 4 is 16.9 Å². The number of amides is 1. The number of alkyl halides is 3. The van der Waals surface area contributed by atoms with Crippen molar-refractivity contribution in [2.45, 2.75) is 32.1 Å². The minimum absolute atomic E-state index is 0.126. The predicted octanol–water partition coefficient (Wildman–Crippen LogP) is 2.99. The lowest BCUT2D eigenvalue weighted by Crippen LogP contribution is -2.41. The van der Waals surface area contributed by atoms with Crippen molar-refractivity contribution in [2.75, 3.05) is 13.1 Å². The Labute approximate surface area is 131 Å². The van der Waals surface area contributed by atoms with Gasteiger partial charge in [-0.25, -0.2) is 0 Å². The molecule has 1 N–H and O–H groups in total. The maximum atomic E-state index is 12.4. The summed E-state index contributed by atoms with van der Waals surface area (Å²) in [6.45, 7) is 1.17. The van der Waals surface area contributed by atoms with Crippen molar-refractivity contribution in [3.05, 3.63) is 35.6 Å². The molecule has 0 unspecified atom stereocenters. The molecule has 2 heterocycles. The van der Waals surface area contributed by atoms with Gasteiger partial charge in [-0.15, -0.1) is 0 Å². The van der Waals surface area contributed by atoms with Gasteiger partial charge in [-0.2, -0.15) is 13.2 Å². The minimum atomic E-state index is -4.36. The first-order chi connectivity index (χ1) is 10.8. The van der Waals surface area contributed by atoms with E-state index in [0.29, 0.717) is 13.0 Å². The van der Waals surface area contributed by atoms with Gasteiger partial charge < -0.3 is 14.6 Å². The molecule has 0 aliphatic carbocycles. The van der Waals surface area contributed by atoms with E-state index >= 15 is 0 Å². The van der Waals surface area contributed by atoms with Crippen molar-refractivity contribution in [3.63, 3.8) is 0 Å². The number of hydrogen-bond acceptors (Lipinski definition) is 3. The second-order valence-corrected chi connectivity index (χ2v) is 5.73. The predicted molar refractivity (Wildman–Crippen MR) is 78.8 cm³/mol. The molecule has 2 aromatic rings. The van der Waals surface area contributed by atoms with E-state index in [4.69, 9.17) is 4.42 Å². The van der Waals surface area contributed by atoms with E-state index in [9.17, 15) is 18.0 Å². The molecule has 7 heteroatoms. The number of nitrogens with zero attached hydrogens (tertiary/aromatic N) is 1. The molecule has 1 atom stereocenters. The van der Waals surface area contributed by atoms with Gasteiger partial charge in [0.05, 0.1) is 6.04 Å².